The molecule has 0 radical (unpaired) electrons. The molecule has 0 aliphatic heterocycles. The minimum atomic E-state index is -0.268. The average Bonchev–Trinajstić information content (AvgIpc) is 2.62. The summed E-state index contributed by atoms with van der Waals surface area (Å²) in [6, 6.07) is 15.1. The number of benzene rings is 2. The molecule has 27 heavy (non-hydrogen) atoms. The molecule has 4 N–H and O–H groups in total. The Hall–Kier alpha value is -3.27. The third-order valence-electron chi connectivity index (χ3n) is 3.99. The van der Waals surface area contributed by atoms with E-state index < -0.39 is 0 Å². The fourth-order valence-corrected chi connectivity index (χ4v) is 2.74. The van der Waals surface area contributed by atoms with Crippen molar-refractivity contribution in [2.24, 2.45) is 5.73 Å². The smallest absolute Gasteiger partial charge is 0.323 e. The maximum atomic E-state index is 12.4. The lowest BCUT2D eigenvalue weighted by Gasteiger charge is -2.14. The summed E-state index contributed by atoms with van der Waals surface area (Å²) in [5, 5.41) is 5.79. The third kappa shape index (κ3) is 5.89. The van der Waals surface area contributed by atoms with Crippen molar-refractivity contribution >= 4 is 23.0 Å². The lowest BCUT2D eigenvalue weighted by molar-refractivity contribution is 0.262. The Kier molecular flexibility index (Phi) is 7.00. The van der Waals surface area contributed by atoms with Gasteiger partial charge in [-0.05, 0) is 53.8 Å². The van der Waals surface area contributed by atoms with E-state index in [1.807, 2.05) is 67.6 Å². The molecule has 0 aromatic heterocycles. The summed E-state index contributed by atoms with van der Waals surface area (Å²) < 4.78 is 0. The first-order chi connectivity index (χ1) is 12.9. The molecule has 2 aromatic carbocycles. The summed E-state index contributed by atoms with van der Waals surface area (Å²) in [4.78, 5) is 12.4. The van der Waals surface area contributed by atoms with Crippen LogP contribution < -0.4 is 16.4 Å². The summed E-state index contributed by atoms with van der Waals surface area (Å²) in [7, 11) is 0. The number of amides is 2. The standard InChI is InChI=1S/C23H27N3O/c1-5-8-19(15-17(4)24)18-11-13-20(14-12-18)25-23(27)26-22-10-7-6-9-21(22)16(2)3/h5-16H,1,24H2,2-4H3,(H2,25,26,27)/b17-15-,19-8+. The number of carbonyl (C=O) groups excluding carboxylic acids is 1. The molecule has 4 nitrogen and oxygen atoms in total. The molecule has 0 unspecified atom stereocenters. The Balaban J connectivity index is 2.10. The zero-order valence-electron chi connectivity index (χ0n) is 16.1. The van der Waals surface area contributed by atoms with Crippen LogP contribution in [-0.2, 0) is 0 Å². The number of urea groups is 1. The van der Waals surface area contributed by atoms with E-state index in [1.54, 1.807) is 6.08 Å². The van der Waals surface area contributed by atoms with Crippen molar-refractivity contribution in [2.75, 3.05) is 10.6 Å². The second kappa shape index (κ2) is 9.43. The number of nitrogens with one attached hydrogen (secondary N) is 2. The topological polar surface area (TPSA) is 67.1 Å². The van der Waals surface area contributed by atoms with Crippen molar-refractivity contribution in [2.45, 2.75) is 26.7 Å². The Morgan fingerprint density at radius 3 is 2.33 bits per heavy atom. The number of allylic oxidation sites excluding steroid dienone is 5. The number of carbonyl (C=O) groups is 1. The van der Waals surface area contributed by atoms with Gasteiger partial charge in [-0.1, -0.05) is 62.9 Å². The summed E-state index contributed by atoms with van der Waals surface area (Å²) >= 11 is 0. The van der Waals surface area contributed by atoms with Crippen molar-refractivity contribution in [3.8, 4) is 0 Å². The number of hydrogen-bond donors (Lipinski definition) is 3. The molecule has 2 aromatic rings. The number of para-hydroxylation sites is 1. The zero-order valence-corrected chi connectivity index (χ0v) is 16.1. The highest BCUT2D eigenvalue weighted by molar-refractivity contribution is 6.00. The maximum Gasteiger partial charge on any atom is 0.323 e. The number of rotatable bonds is 6. The highest BCUT2D eigenvalue weighted by Crippen LogP contribution is 2.24. The molecule has 0 saturated heterocycles. The minimum absolute atomic E-state index is 0.268. The van der Waals surface area contributed by atoms with Crippen LogP contribution in [0.5, 0.6) is 0 Å². The second-order valence-electron chi connectivity index (χ2n) is 6.64. The van der Waals surface area contributed by atoms with E-state index in [-0.39, 0.29) is 6.03 Å². The van der Waals surface area contributed by atoms with E-state index in [0.717, 1.165) is 22.4 Å². The maximum absolute atomic E-state index is 12.4. The first kappa shape index (κ1) is 20.0. The Morgan fingerprint density at radius 1 is 1.07 bits per heavy atom. The fraction of sp³-hybridized carbons (Fsp3) is 0.174. The SMILES string of the molecule is C=C/C=C(\C=C(\C)N)c1ccc(NC(=O)Nc2ccccc2C(C)C)cc1. The first-order valence-corrected chi connectivity index (χ1v) is 8.94. The van der Waals surface area contributed by atoms with Crippen molar-refractivity contribution in [3.05, 3.63) is 90.2 Å². The van der Waals surface area contributed by atoms with Gasteiger partial charge in [0.05, 0.1) is 0 Å². The highest BCUT2D eigenvalue weighted by Gasteiger charge is 2.09. The normalized spacial score (nSPS) is 12.0. The van der Waals surface area contributed by atoms with Gasteiger partial charge in [0.25, 0.3) is 0 Å². The van der Waals surface area contributed by atoms with Crippen LogP contribution in [0, 0.1) is 0 Å². The summed E-state index contributed by atoms with van der Waals surface area (Å²) in [5.41, 5.74) is 11.1. The molecule has 2 amide bonds. The summed E-state index contributed by atoms with van der Waals surface area (Å²) in [6.07, 6.45) is 5.51. The molecule has 0 saturated carbocycles. The summed E-state index contributed by atoms with van der Waals surface area (Å²) in [5.74, 6) is 0.329. The molecule has 0 heterocycles. The van der Waals surface area contributed by atoms with Crippen LogP contribution in [0.25, 0.3) is 5.57 Å². The van der Waals surface area contributed by atoms with Crippen LogP contribution in [0.15, 0.2) is 79.0 Å². The van der Waals surface area contributed by atoms with E-state index in [0.29, 0.717) is 17.3 Å². The zero-order chi connectivity index (χ0) is 19.8. The summed E-state index contributed by atoms with van der Waals surface area (Å²) in [6.45, 7) is 9.78. The molecule has 2 rings (SSSR count). The molecule has 0 aliphatic rings. The van der Waals surface area contributed by atoms with Crippen LogP contribution in [0.1, 0.15) is 37.8 Å². The van der Waals surface area contributed by atoms with Crippen LogP contribution in [0.3, 0.4) is 0 Å². The largest absolute Gasteiger partial charge is 0.402 e. The van der Waals surface area contributed by atoms with Crippen LogP contribution in [0.2, 0.25) is 0 Å². The monoisotopic (exact) mass is 361 g/mol. The van der Waals surface area contributed by atoms with Gasteiger partial charge in [-0.3, -0.25) is 0 Å². The molecule has 0 atom stereocenters. The molecule has 4 heteroatoms. The van der Waals surface area contributed by atoms with E-state index in [4.69, 9.17) is 5.73 Å². The van der Waals surface area contributed by atoms with Gasteiger partial charge >= 0.3 is 6.03 Å². The Bertz CT molecular complexity index is 857. The Morgan fingerprint density at radius 2 is 1.74 bits per heavy atom. The number of hydrogen-bond acceptors (Lipinski definition) is 2. The van der Waals surface area contributed by atoms with E-state index >= 15 is 0 Å². The molecule has 140 valence electrons. The molecule has 0 fully saturated rings. The van der Waals surface area contributed by atoms with Crippen LogP contribution in [-0.4, -0.2) is 6.03 Å². The van der Waals surface area contributed by atoms with Gasteiger partial charge in [-0.25, -0.2) is 4.79 Å². The molecule has 0 bridgehead atoms. The van der Waals surface area contributed by atoms with Gasteiger partial charge < -0.3 is 16.4 Å². The predicted octanol–water partition coefficient (Wildman–Crippen LogP) is 5.89. The Labute approximate surface area is 161 Å². The van der Waals surface area contributed by atoms with Gasteiger partial charge in [0, 0.05) is 17.1 Å². The van der Waals surface area contributed by atoms with Crippen LogP contribution >= 0.6 is 0 Å². The molecular formula is C23H27N3O. The third-order valence-corrected chi connectivity index (χ3v) is 3.99. The number of anilines is 2. The first-order valence-electron chi connectivity index (χ1n) is 8.94. The van der Waals surface area contributed by atoms with Gasteiger partial charge in [0.15, 0.2) is 0 Å². The average molecular weight is 361 g/mol. The van der Waals surface area contributed by atoms with E-state index in [1.165, 1.54) is 0 Å². The van der Waals surface area contributed by atoms with Crippen molar-refractivity contribution in [1.82, 2.24) is 0 Å². The van der Waals surface area contributed by atoms with Gasteiger partial charge in [0.2, 0.25) is 0 Å². The van der Waals surface area contributed by atoms with Gasteiger partial charge in [-0.2, -0.15) is 0 Å². The highest BCUT2D eigenvalue weighted by atomic mass is 16.2. The molecule has 0 aliphatic carbocycles. The molecular weight excluding hydrogens is 334 g/mol. The van der Waals surface area contributed by atoms with Crippen molar-refractivity contribution in [1.29, 1.82) is 0 Å². The lowest BCUT2D eigenvalue weighted by atomic mass is 10.0. The quantitative estimate of drug-likeness (QED) is 0.562. The van der Waals surface area contributed by atoms with E-state index in [9.17, 15) is 4.79 Å². The minimum Gasteiger partial charge on any atom is -0.402 e. The predicted molar refractivity (Wildman–Crippen MR) is 116 cm³/mol. The molecule has 0 spiro atoms. The second-order valence-corrected chi connectivity index (χ2v) is 6.64. The van der Waals surface area contributed by atoms with Gasteiger partial charge in [-0.15, -0.1) is 0 Å². The fourth-order valence-electron chi connectivity index (χ4n) is 2.74. The van der Waals surface area contributed by atoms with Crippen molar-refractivity contribution < 1.29 is 4.79 Å². The van der Waals surface area contributed by atoms with Crippen LogP contribution in [0.4, 0.5) is 16.2 Å². The van der Waals surface area contributed by atoms with E-state index in [2.05, 4.69) is 31.1 Å². The number of nitrogens with two attached hydrogens (primary N) is 1. The van der Waals surface area contributed by atoms with Gasteiger partial charge in [0.1, 0.15) is 0 Å². The van der Waals surface area contributed by atoms with Crippen molar-refractivity contribution in [3.63, 3.8) is 0 Å². The lowest BCUT2D eigenvalue weighted by Crippen LogP contribution is -2.20.